The summed E-state index contributed by atoms with van der Waals surface area (Å²) in [6.07, 6.45) is 6.67. The van der Waals surface area contributed by atoms with Crippen molar-refractivity contribution in [2.75, 3.05) is 5.32 Å². The molecule has 0 aromatic carbocycles. The van der Waals surface area contributed by atoms with Crippen molar-refractivity contribution in [3.8, 4) is 11.3 Å². The monoisotopic (exact) mass is 300 g/mol. The highest BCUT2D eigenvalue weighted by Crippen LogP contribution is 2.19. The molecule has 3 rings (SSSR count). The van der Waals surface area contributed by atoms with Crippen LogP contribution in [0.3, 0.4) is 0 Å². The molecule has 21 heavy (non-hydrogen) atoms. The lowest BCUT2D eigenvalue weighted by molar-refractivity contribution is 0.251. The number of hydrogen-bond donors (Lipinski definition) is 2. The summed E-state index contributed by atoms with van der Waals surface area (Å²) in [4.78, 5) is 19.8. The molecule has 106 valence electrons. The molecule has 2 amide bonds. The van der Waals surface area contributed by atoms with Crippen LogP contribution in [-0.4, -0.2) is 16.0 Å². The van der Waals surface area contributed by atoms with Gasteiger partial charge < -0.3 is 9.73 Å². The number of hydrogen-bond acceptors (Lipinski definition) is 5. The van der Waals surface area contributed by atoms with Crippen molar-refractivity contribution in [2.24, 2.45) is 0 Å². The molecule has 0 radical (unpaired) electrons. The summed E-state index contributed by atoms with van der Waals surface area (Å²) in [6, 6.07) is 5.31. The van der Waals surface area contributed by atoms with E-state index in [1.54, 1.807) is 30.2 Å². The van der Waals surface area contributed by atoms with E-state index in [-0.39, 0.29) is 6.03 Å². The first kappa shape index (κ1) is 13.3. The van der Waals surface area contributed by atoms with Crippen LogP contribution in [0.5, 0.6) is 0 Å². The minimum Gasteiger partial charge on any atom is -0.464 e. The second-order valence-corrected chi connectivity index (χ2v) is 5.10. The molecule has 0 aliphatic rings. The third kappa shape index (κ3) is 3.46. The first-order valence-electron chi connectivity index (χ1n) is 6.23. The van der Waals surface area contributed by atoms with E-state index in [0.29, 0.717) is 11.7 Å². The first-order valence-corrected chi connectivity index (χ1v) is 7.11. The Balaban J connectivity index is 1.60. The van der Waals surface area contributed by atoms with Gasteiger partial charge in [0.2, 0.25) is 0 Å². The summed E-state index contributed by atoms with van der Waals surface area (Å²) in [5.41, 5.74) is 1.76. The Bertz CT molecular complexity index is 710. The maximum absolute atomic E-state index is 11.7. The largest absolute Gasteiger partial charge is 0.464 e. The van der Waals surface area contributed by atoms with Gasteiger partial charge in [-0.1, -0.05) is 0 Å². The third-order valence-electron chi connectivity index (χ3n) is 2.71. The number of urea groups is 1. The lowest BCUT2D eigenvalue weighted by atomic mass is 10.1. The maximum atomic E-state index is 11.7. The van der Waals surface area contributed by atoms with Crippen molar-refractivity contribution < 1.29 is 9.21 Å². The minimum absolute atomic E-state index is 0.298. The molecule has 0 aliphatic heterocycles. The Kier molecular flexibility index (Phi) is 3.92. The van der Waals surface area contributed by atoms with E-state index in [4.69, 9.17) is 4.42 Å². The molecular formula is C14H12N4O2S. The highest BCUT2D eigenvalue weighted by molar-refractivity contribution is 7.13. The summed E-state index contributed by atoms with van der Waals surface area (Å²) in [7, 11) is 0. The normalized spacial score (nSPS) is 10.3. The van der Waals surface area contributed by atoms with Gasteiger partial charge in [0.1, 0.15) is 5.76 Å². The molecular weight excluding hydrogens is 288 g/mol. The summed E-state index contributed by atoms with van der Waals surface area (Å²) in [5.74, 6) is 0.747. The topological polar surface area (TPSA) is 80.0 Å². The Morgan fingerprint density at radius 3 is 3.10 bits per heavy atom. The Hall–Kier alpha value is -2.67. The molecule has 6 nitrogen and oxygen atoms in total. The lowest BCUT2D eigenvalue weighted by Crippen LogP contribution is -2.28. The summed E-state index contributed by atoms with van der Waals surface area (Å²) in [6.45, 7) is 0.374. The van der Waals surface area contributed by atoms with E-state index in [9.17, 15) is 4.79 Å². The van der Waals surface area contributed by atoms with E-state index in [1.165, 1.54) is 11.3 Å². The minimum atomic E-state index is -0.298. The van der Waals surface area contributed by atoms with Crippen molar-refractivity contribution >= 4 is 22.5 Å². The van der Waals surface area contributed by atoms with E-state index in [2.05, 4.69) is 20.6 Å². The van der Waals surface area contributed by atoms with Gasteiger partial charge in [0.05, 0.1) is 6.26 Å². The molecule has 0 saturated carbocycles. The maximum Gasteiger partial charge on any atom is 0.321 e. The molecule has 3 heterocycles. The van der Waals surface area contributed by atoms with Crippen LogP contribution in [0.1, 0.15) is 5.56 Å². The van der Waals surface area contributed by atoms with Gasteiger partial charge in [0.15, 0.2) is 5.13 Å². The van der Waals surface area contributed by atoms with Gasteiger partial charge >= 0.3 is 6.03 Å². The smallest absolute Gasteiger partial charge is 0.321 e. The number of pyridine rings is 1. The van der Waals surface area contributed by atoms with E-state index in [0.717, 1.165) is 16.9 Å². The second kappa shape index (κ2) is 6.19. The number of nitrogens with one attached hydrogen (secondary N) is 2. The van der Waals surface area contributed by atoms with Crippen LogP contribution in [0.2, 0.25) is 0 Å². The van der Waals surface area contributed by atoms with Crippen LogP contribution in [0, 0.1) is 0 Å². The number of carbonyl (C=O) groups excluding carboxylic acids is 1. The molecule has 0 bridgehead atoms. The quantitative estimate of drug-likeness (QED) is 0.775. The zero-order valence-electron chi connectivity index (χ0n) is 10.9. The lowest BCUT2D eigenvalue weighted by Gasteiger charge is -2.06. The number of anilines is 1. The SMILES string of the molecule is O=C(NCc1cncc(-c2ccco2)c1)Nc1nccs1. The van der Waals surface area contributed by atoms with Crippen LogP contribution in [0.15, 0.2) is 52.9 Å². The fourth-order valence-electron chi connectivity index (χ4n) is 1.77. The average Bonchev–Trinajstić information content (AvgIpc) is 3.19. The fraction of sp³-hybridized carbons (Fsp3) is 0.0714. The number of nitrogens with zero attached hydrogens (tertiary/aromatic N) is 2. The number of thiazole rings is 1. The number of rotatable bonds is 4. The Morgan fingerprint density at radius 1 is 1.38 bits per heavy atom. The Morgan fingerprint density at radius 2 is 2.33 bits per heavy atom. The Labute approximate surface area is 124 Å². The van der Waals surface area contributed by atoms with Crippen LogP contribution in [0.25, 0.3) is 11.3 Å². The van der Waals surface area contributed by atoms with Crippen LogP contribution in [-0.2, 0) is 6.54 Å². The standard InChI is InChI=1S/C14H12N4O2S/c19-13(18-14-16-3-5-21-14)17-8-10-6-11(9-15-7-10)12-2-1-4-20-12/h1-7,9H,8H2,(H2,16,17,18,19). The van der Waals surface area contributed by atoms with E-state index >= 15 is 0 Å². The fourth-order valence-corrected chi connectivity index (χ4v) is 2.29. The molecule has 3 aromatic rings. The highest BCUT2D eigenvalue weighted by atomic mass is 32.1. The van der Waals surface area contributed by atoms with Crippen molar-refractivity contribution in [1.29, 1.82) is 0 Å². The van der Waals surface area contributed by atoms with E-state index < -0.39 is 0 Å². The summed E-state index contributed by atoms with van der Waals surface area (Å²) < 4.78 is 5.32. The van der Waals surface area contributed by atoms with Gasteiger partial charge in [0, 0.05) is 36.1 Å². The molecule has 0 fully saturated rings. The van der Waals surface area contributed by atoms with Crippen LogP contribution >= 0.6 is 11.3 Å². The molecule has 0 saturated heterocycles. The zero-order chi connectivity index (χ0) is 14.5. The van der Waals surface area contributed by atoms with Gasteiger partial charge in [-0.15, -0.1) is 11.3 Å². The van der Waals surface area contributed by atoms with Crippen LogP contribution in [0.4, 0.5) is 9.93 Å². The molecule has 0 unspecified atom stereocenters. The van der Waals surface area contributed by atoms with Crippen molar-refractivity contribution in [1.82, 2.24) is 15.3 Å². The van der Waals surface area contributed by atoms with Gasteiger partial charge in [-0.3, -0.25) is 10.3 Å². The van der Waals surface area contributed by atoms with E-state index in [1.807, 2.05) is 18.2 Å². The average molecular weight is 300 g/mol. The zero-order valence-corrected chi connectivity index (χ0v) is 11.8. The molecule has 3 aromatic heterocycles. The van der Waals surface area contributed by atoms with Crippen LogP contribution < -0.4 is 10.6 Å². The number of aromatic nitrogens is 2. The predicted octanol–water partition coefficient (Wildman–Crippen LogP) is 3.12. The third-order valence-corrected chi connectivity index (χ3v) is 3.39. The van der Waals surface area contributed by atoms with Crippen molar-refractivity contribution in [3.05, 3.63) is 54.0 Å². The van der Waals surface area contributed by atoms with Gasteiger partial charge in [-0.25, -0.2) is 9.78 Å². The van der Waals surface area contributed by atoms with Gasteiger partial charge in [-0.2, -0.15) is 0 Å². The number of amides is 2. The van der Waals surface area contributed by atoms with Crippen molar-refractivity contribution in [3.63, 3.8) is 0 Å². The molecule has 0 atom stereocenters. The number of carbonyl (C=O) groups is 1. The summed E-state index contributed by atoms with van der Waals surface area (Å²) in [5, 5.41) is 7.77. The van der Waals surface area contributed by atoms with Gasteiger partial charge in [0.25, 0.3) is 0 Å². The highest BCUT2D eigenvalue weighted by Gasteiger charge is 2.05. The molecule has 0 spiro atoms. The second-order valence-electron chi connectivity index (χ2n) is 4.20. The number of furan rings is 1. The molecule has 7 heteroatoms. The molecule has 0 aliphatic carbocycles. The first-order chi connectivity index (χ1) is 10.3. The van der Waals surface area contributed by atoms with Gasteiger partial charge in [-0.05, 0) is 23.8 Å². The van der Waals surface area contributed by atoms with Crippen molar-refractivity contribution in [2.45, 2.75) is 6.54 Å². The molecule has 2 N–H and O–H groups in total. The predicted molar refractivity (Wildman–Crippen MR) is 79.9 cm³/mol. The summed E-state index contributed by atoms with van der Waals surface area (Å²) >= 11 is 1.37.